The largest absolute Gasteiger partial charge is 0.459 e. The molecule has 0 amide bonds. The average Bonchev–Trinajstić information content (AvgIpc) is 2.62. The molecule has 0 unspecified atom stereocenters. The smallest absolute Gasteiger partial charge is 0.343 e. The van der Waals surface area contributed by atoms with E-state index in [1.165, 1.54) is 6.42 Å². The minimum absolute atomic E-state index is 0.0232. The van der Waals surface area contributed by atoms with Crippen LogP contribution in [0, 0.1) is 0 Å². The molecule has 126 valence electrons. The van der Waals surface area contributed by atoms with Crippen molar-refractivity contribution in [1.82, 2.24) is 9.97 Å². The van der Waals surface area contributed by atoms with Crippen molar-refractivity contribution >= 4 is 11.8 Å². The van der Waals surface area contributed by atoms with E-state index in [-0.39, 0.29) is 12.1 Å². The molecule has 0 bridgehead atoms. The van der Waals surface area contributed by atoms with E-state index >= 15 is 0 Å². The van der Waals surface area contributed by atoms with Crippen molar-refractivity contribution in [2.45, 2.75) is 38.2 Å². The van der Waals surface area contributed by atoms with Crippen LogP contribution in [0.15, 0.2) is 36.5 Å². The van der Waals surface area contributed by atoms with Crippen LogP contribution in [-0.2, 0) is 4.74 Å². The molecule has 0 atom stereocenters. The Morgan fingerprint density at radius 2 is 1.83 bits per heavy atom. The van der Waals surface area contributed by atoms with Gasteiger partial charge >= 0.3 is 5.97 Å². The number of aromatic nitrogens is 2. The van der Waals surface area contributed by atoms with Crippen LogP contribution in [0.3, 0.4) is 0 Å². The summed E-state index contributed by atoms with van der Waals surface area (Å²) in [4.78, 5) is 23.3. The highest BCUT2D eigenvalue weighted by Crippen LogP contribution is 2.25. The number of esters is 1. The topological polar surface area (TPSA) is 55.3 Å². The Balaban J connectivity index is 1.85. The number of hydrogen-bond acceptors (Lipinski definition) is 5. The fraction of sp³-hybridized carbons (Fsp3) is 0.421. The van der Waals surface area contributed by atoms with Gasteiger partial charge in [-0.15, -0.1) is 0 Å². The van der Waals surface area contributed by atoms with Gasteiger partial charge in [0.25, 0.3) is 0 Å². The maximum atomic E-state index is 12.6. The van der Waals surface area contributed by atoms with Crippen LogP contribution in [0.2, 0.25) is 0 Å². The second-order valence-electron chi connectivity index (χ2n) is 6.36. The van der Waals surface area contributed by atoms with E-state index in [1.54, 1.807) is 6.20 Å². The summed E-state index contributed by atoms with van der Waals surface area (Å²) in [5, 5.41) is 0. The molecular formula is C19H23N3O2. The van der Waals surface area contributed by atoms with Crippen LogP contribution in [0.4, 0.5) is 5.82 Å². The van der Waals surface area contributed by atoms with Gasteiger partial charge in [-0.1, -0.05) is 36.8 Å². The Bertz CT molecular complexity index is 695. The molecule has 0 saturated heterocycles. The lowest BCUT2D eigenvalue weighted by atomic mass is 9.98. The van der Waals surface area contributed by atoms with Crippen molar-refractivity contribution in [3.8, 4) is 11.4 Å². The van der Waals surface area contributed by atoms with Crippen LogP contribution >= 0.6 is 0 Å². The van der Waals surface area contributed by atoms with Gasteiger partial charge in [-0.05, 0) is 25.7 Å². The number of carbonyl (C=O) groups excluding carboxylic acids is 1. The summed E-state index contributed by atoms with van der Waals surface area (Å²) in [5.74, 6) is 0.864. The predicted octanol–water partition coefficient (Wildman–Crippen LogP) is 3.70. The monoisotopic (exact) mass is 325 g/mol. The summed E-state index contributed by atoms with van der Waals surface area (Å²) in [6.07, 6.45) is 6.99. The van der Waals surface area contributed by atoms with Crippen LogP contribution in [0.1, 0.15) is 42.5 Å². The highest BCUT2D eigenvalue weighted by atomic mass is 16.5. The van der Waals surface area contributed by atoms with Gasteiger partial charge in [0.15, 0.2) is 5.82 Å². The summed E-state index contributed by atoms with van der Waals surface area (Å²) in [6.45, 7) is 0. The molecule has 1 aromatic heterocycles. The Morgan fingerprint density at radius 1 is 1.12 bits per heavy atom. The minimum Gasteiger partial charge on any atom is -0.459 e. The second-order valence-corrected chi connectivity index (χ2v) is 6.36. The van der Waals surface area contributed by atoms with Gasteiger partial charge in [-0.25, -0.2) is 14.8 Å². The number of carbonyl (C=O) groups is 1. The van der Waals surface area contributed by atoms with E-state index < -0.39 is 0 Å². The third-order valence-electron chi connectivity index (χ3n) is 4.27. The highest BCUT2D eigenvalue weighted by molar-refractivity contribution is 5.94. The molecule has 3 rings (SSSR count). The fourth-order valence-electron chi connectivity index (χ4n) is 2.98. The zero-order chi connectivity index (χ0) is 16.9. The summed E-state index contributed by atoms with van der Waals surface area (Å²) in [7, 11) is 3.74. The van der Waals surface area contributed by atoms with Crippen molar-refractivity contribution in [2.24, 2.45) is 0 Å². The van der Waals surface area contributed by atoms with E-state index in [0.29, 0.717) is 17.2 Å². The molecule has 24 heavy (non-hydrogen) atoms. The number of hydrogen-bond donors (Lipinski definition) is 0. The van der Waals surface area contributed by atoms with Crippen LogP contribution in [0.25, 0.3) is 11.4 Å². The van der Waals surface area contributed by atoms with Crippen molar-refractivity contribution in [3.63, 3.8) is 0 Å². The van der Waals surface area contributed by atoms with E-state index in [0.717, 1.165) is 31.2 Å². The molecule has 0 N–H and O–H groups in total. The summed E-state index contributed by atoms with van der Waals surface area (Å²) < 4.78 is 5.67. The summed E-state index contributed by atoms with van der Waals surface area (Å²) in [6, 6.07) is 9.74. The molecule has 0 aliphatic heterocycles. The van der Waals surface area contributed by atoms with Gasteiger partial charge in [-0.3, -0.25) is 0 Å². The average molecular weight is 325 g/mol. The summed E-state index contributed by atoms with van der Waals surface area (Å²) >= 11 is 0. The van der Waals surface area contributed by atoms with Crippen molar-refractivity contribution < 1.29 is 9.53 Å². The van der Waals surface area contributed by atoms with E-state index in [4.69, 9.17) is 4.74 Å². The Morgan fingerprint density at radius 3 is 2.50 bits per heavy atom. The van der Waals surface area contributed by atoms with Gasteiger partial charge in [-0.2, -0.15) is 0 Å². The minimum atomic E-state index is -0.329. The van der Waals surface area contributed by atoms with E-state index in [9.17, 15) is 4.79 Å². The van der Waals surface area contributed by atoms with Gasteiger partial charge in [0.1, 0.15) is 17.5 Å². The molecule has 5 heteroatoms. The molecule has 1 heterocycles. The first kappa shape index (κ1) is 16.4. The maximum Gasteiger partial charge on any atom is 0.343 e. The predicted molar refractivity (Wildman–Crippen MR) is 94.1 cm³/mol. The van der Waals surface area contributed by atoms with E-state index in [1.807, 2.05) is 49.3 Å². The number of ether oxygens (including phenoxy) is 1. The quantitative estimate of drug-likeness (QED) is 0.802. The zero-order valence-electron chi connectivity index (χ0n) is 14.2. The van der Waals surface area contributed by atoms with Crippen molar-refractivity contribution in [3.05, 3.63) is 42.1 Å². The number of anilines is 1. The SMILES string of the molecule is CN(C)c1nc(-c2ccccc2)ncc1C(=O)OC1CCCCC1. The molecule has 1 aliphatic rings. The van der Waals surface area contributed by atoms with Crippen molar-refractivity contribution in [1.29, 1.82) is 0 Å². The molecule has 1 fully saturated rings. The molecule has 1 aliphatic carbocycles. The lowest BCUT2D eigenvalue weighted by Crippen LogP contribution is -2.23. The zero-order valence-corrected chi connectivity index (χ0v) is 14.2. The molecular weight excluding hydrogens is 302 g/mol. The first-order chi connectivity index (χ1) is 11.6. The highest BCUT2D eigenvalue weighted by Gasteiger charge is 2.23. The van der Waals surface area contributed by atoms with Crippen LogP contribution in [0.5, 0.6) is 0 Å². The maximum absolute atomic E-state index is 12.6. The molecule has 5 nitrogen and oxygen atoms in total. The molecule has 1 saturated carbocycles. The number of rotatable bonds is 4. The fourth-order valence-corrected chi connectivity index (χ4v) is 2.98. The first-order valence-corrected chi connectivity index (χ1v) is 8.46. The number of nitrogens with zero attached hydrogens (tertiary/aromatic N) is 3. The van der Waals surface area contributed by atoms with Gasteiger partial charge in [0.05, 0.1) is 0 Å². The molecule has 0 radical (unpaired) electrons. The van der Waals surface area contributed by atoms with Crippen LogP contribution < -0.4 is 4.90 Å². The van der Waals surface area contributed by atoms with Crippen LogP contribution in [-0.4, -0.2) is 36.1 Å². The molecule has 1 aromatic carbocycles. The Hall–Kier alpha value is -2.43. The Kier molecular flexibility index (Phi) is 5.08. The second kappa shape index (κ2) is 7.43. The third-order valence-corrected chi connectivity index (χ3v) is 4.27. The third kappa shape index (κ3) is 3.72. The standard InChI is InChI=1S/C19H23N3O2/c1-22(2)18-16(19(23)24-15-11-7-4-8-12-15)13-20-17(21-18)14-9-5-3-6-10-14/h3,5-6,9-10,13,15H,4,7-8,11-12H2,1-2H3. The lowest BCUT2D eigenvalue weighted by Gasteiger charge is -2.23. The Labute approximate surface area is 142 Å². The van der Waals surface area contributed by atoms with Gasteiger partial charge in [0.2, 0.25) is 0 Å². The molecule has 2 aromatic rings. The van der Waals surface area contributed by atoms with Crippen molar-refractivity contribution in [2.75, 3.05) is 19.0 Å². The first-order valence-electron chi connectivity index (χ1n) is 8.46. The summed E-state index contributed by atoms with van der Waals surface area (Å²) in [5.41, 5.74) is 1.35. The molecule has 0 spiro atoms. The van der Waals surface area contributed by atoms with Gasteiger partial charge in [0, 0.05) is 25.9 Å². The van der Waals surface area contributed by atoms with E-state index in [2.05, 4.69) is 9.97 Å². The number of benzene rings is 1. The lowest BCUT2D eigenvalue weighted by molar-refractivity contribution is 0.0211. The normalized spacial score (nSPS) is 15.1. The van der Waals surface area contributed by atoms with Gasteiger partial charge < -0.3 is 9.64 Å².